The van der Waals surface area contributed by atoms with E-state index >= 15 is 0 Å². The first-order valence-electron chi connectivity index (χ1n) is 5.53. The van der Waals surface area contributed by atoms with E-state index < -0.39 is 9.05 Å². The fourth-order valence-corrected chi connectivity index (χ4v) is 2.20. The number of ether oxygens (including phenoxy) is 1. The van der Waals surface area contributed by atoms with E-state index in [4.69, 9.17) is 15.4 Å². The Kier molecular flexibility index (Phi) is 8.47. The molecule has 0 unspecified atom stereocenters. The summed E-state index contributed by atoms with van der Waals surface area (Å²) in [6.07, 6.45) is 4.80. The highest BCUT2D eigenvalue weighted by molar-refractivity contribution is 8.13. The Labute approximate surface area is 97.6 Å². The summed E-state index contributed by atoms with van der Waals surface area (Å²) in [7, 11) is 1.78. The van der Waals surface area contributed by atoms with Gasteiger partial charge >= 0.3 is 0 Å². The molecule has 0 aliphatic heterocycles. The second kappa shape index (κ2) is 8.36. The lowest BCUT2D eigenvalue weighted by molar-refractivity contribution is 0.0459. The summed E-state index contributed by atoms with van der Waals surface area (Å²) in [5.41, 5.74) is 0. The summed E-state index contributed by atoms with van der Waals surface area (Å²) in [6.45, 7) is 4.93. The summed E-state index contributed by atoms with van der Waals surface area (Å²) >= 11 is 0. The summed E-state index contributed by atoms with van der Waals surface area (Å²) < 4.78 is 26.8. The van der Waals surface area contributed by atoms with Crippen LogP contribution in [0.4, 0.5) is 0 Å². The van der Waals surface area contributed by atoms with Crippen LogP contribution in [0, 0.1) is 0 Å². The normalized spacial score (nSPS) is 12.3. The first-order valence-corrected chi connectivity index (χ1v) is 8.01. The highest BCUT2D eigenvalue weighted by Crippen LogP contribution is 2.07. The lowest BCUT2D eigenvalue weighted by Crippen LogP contribution is -2.11. The molecule has 0 saturated heterocycles. The van der Waals surface area contributed by atoms with Gasteiger partial charge in [-0.05, 0) is 25.7 Å². The van der Waals surface area contributed by atoms with Crippen LogP contribution in [-0.2, 0) is 13.8 Å². The average molecular weight is 257 g/mol. The van der Waals surface area contributed by atoms with E-state index in [0.717, 1.165) is 25.7 Å². The van der Waals surface area contributed by atoms with Crippen LogP contribution < -0.4 is 0 Å². The molecule has 0 amide bonds. The van der Waals surface area contributed by atoms with Crippen LogP contribution in [0.2, 0.25) is 0 Å². The molecule has 0 atom stereocenters. The minimum absolute atomic E-state index is 0.0690. The van der Waals surface area contributed by atoms with Crippen molar-refractivity contribution in [3.05, 3.63) is 0 Å². The first-order chi connectivity index (χ1) is 6.99. The molecule has 0 aromatic carbocycles. The monoisotopic (exact) mass is 256 g/mol. The Morgan fingerprint density at radius 3 is 2.20 bits per heavy atom. The van der Waals surface area contributed by atoms with Crippen molar-refractivity contribution in [1.29, 1.82) is 0 Å². The molecule has 0 bridgehead atoms. The van der Waals surface area contributed by atoms with Crippen molar-refractivity contribution in [3.63, 3.8) is 0 Å². The third kappa shape index (κ3) is 10.5. The minimum Gasteiger partial charge on any atom is -0.378 e. The predicted octanol–water partition coefficient (Wildman–Crippen LogP) is 2.93. The minimum atomic E-state index is -3.31. The Balaban J connectivity index is 3.32. The highest BCUT2D eigenvalue weighted by atomic mass is 35.7. The van der Waals surface area contributed by atoms with Gasteiger partial charge in [-0.3, -0.25) is 0 Å². The molecule has 0 radical (unpaired) electrons. The van der Waals surface area contributed by atoms with Crippen molar-refractivity contribution in [2.75, 3.05) is 12.4 Å². The lowest BCUT2D eigenvalue weighted by Gasteiger charge is -2.13. The molecule has 0 saturated carbocycles. The zero-order chi connectivity index (χ0) is 11.7. The molecule has 0 fully saturated rings. The summed E-state index contributed by atoms with van der Waals surface area (Å²) in [6, 6.07) is 0. The third-order valence-electron chi connectivity index (χ3n) is 2.30. The van der Waals surface area contributed by atoms with Gasteiger partial charge in [0, 0.05) is 17.3 Å². The van der Waals surface area contributed by atoms with Crippen molar-refractivity contribution >= 4 is 19.7 Å². The highest BCUT2D eigenvalue weighted by Gasteiger charge is 2.05. The Morgan fingerprint density at radius 1 is 1.13 bits per heavy atom. The fraction of sp³-hybridized carbons (Fsp3) is 1.00. The van der Waals surface area contributed by atoms with Crippen LogP contribution in [0.25, 0.3) is 0 Å². The fourth-order valence-electron chi connectivity index (χ4n) is 1.33. The second-order valence-electron chi connectivity index (χ2n) is 3.61. The quantitative estimate of drug-likeness (QED) is 0.471. The number of rotatable bonds is 9. The largest absolute Gasteiger partial charge is 0.378 e. The summed E-state index contributed by atoms with van der Waals surface area (Å²) in [4.78, 5) is 0. The maximum Gasteiger partial charge on any atom is 0.232 e. The molecule has 3 nitrogen and oxygen atoms in total. The van der Waals surface area contributed by atoms with E-state index in [9.17, 15) is 8.42 Å². The summed E-state index contributed by atoms with van der Waals surface area (Å²) in [5, 5.41) is 0. The van der Waals surface area contributed by atoms with Crippen LogP contribution in [0.1, 0.15) is 46.0 Å². The number of unbranched alkanes of at least 4 members (excludes halogenated alkanes) is 2. The molecular formula is C10H21ClO3S. The number of hydrogen-bond donors (Lipinski definition) is 0. The predicted molar refractivity (Wildman–Crippen MR) is 63.8 cm³/mol. The van der Waals surface area contributed by atoms with Gasteiger partial charge < -0.3 is 4.74 Å². The Morgan fingerprint density at radius 2 is 1.73 bits per heavy atom. The van der Waals surface area contributed by atoms with E-state index in [2.05, 4.69) is 13.8 Å². The molecule has 0 aromatic rings. The molecule has 15 heavy (non-hydrogen) atoms. The van der Waals surface area contributed by atoms with Crippen LogP contribution in [0.3, 0.4) is 0 Å². The number of halogens is 1. The van der Waals surface area contributed by atoms with Gasteiger partial charge in [0.1, 0.15) is 0 Å². The topological polar surface area (TPSA) is 43.4 Å². The van der Waals surface area contributed by atoms with Crippen molar-refractivity contribution in [2.24, 2.45) is 0 Å². The van der Waals surface area contributed by atoms with Crippen molar-refractivity contribution in [1.82, 2.24) is 0 Å². The molecule has 0 heterocycles. The molecule has 0 spiro atoms. The van der Waals surface area contributed by atoms with Gasteiger partial charge in [-0.2, -0.15) is 0 Å². The van der Waals surface area contributed by atoms with E-state index in [1.807, 2.05) is 0 Å². The molecule has 92 valence electrons. The molecular weight excluding hydrogens is 236 g/mol. The number of hydrogen-bond acceptors (Lipinski definition) is 3. The zero-order valence-electron chi connectivity index (χ0n) is 9.54. The molecule has 0 aliphatic rings. The van der Waals surface area contributed by atoms with Crippen LogP contribution >= 0.6 is 10.7 Å². The van der Waals surface area contributed by atoms with Crippen molar-refractivity contribution in [2.45, 2.75) is 52.1 Å². The van der Waals surface area contributed by atoms with E-state index in [1.165, 1.54) is 0 Å². The second-order valence-corrected chi connectivity index (χ2v) is 6.51. The van der Waals surface area contributed by atoms with Gasteiger partial charge in [0.25, 0.3) is 0 Å². The zero-order valence-corrected chi connectivity index (χ0v) is 11.1. The van der Waals surface area contributed by atoms with Gasteiger partial charge in [0.2, 0.25) is 9.05 Å². The Hall–Kier alpha value is 0.200. The SMILES string of the molecule is CCC(CC)OCCCCCS(=O)(=O)Cl. The standard InChI is InChI=1S/C10H21ClO3S/c1-3-10(4-2)14-8-6-5-7-9-15(11,12)13/h10H,3-9H2,1-2H3. The average Bonchev–Trinajstić information content (AvgIpc) is 2.15. The van der Waals surface area contributed by atoms with Gasteiger partial charge in [-0.1, -0.05) is 20.3 Å². The van der Waals surface area contributed by atoms with Gasteiger partial charge in [0.05, 0.1) is 11.9 Å². The summed E-state index contributed by atoms with van der Waals surface area (Å²) in [5.74, 6) is 0.0690. The maximum atomic E-state index is 10.6. The van der Waals surface area contributed by atoms with Crippen LogP contribution in [-0.4, -0.2) is 26.9 Å². The van der Waals surface area contributed by atoms with E-state index in [1.54, 1.807) is 0 Å². The molecule has 0 aromatic heterocycles. The maximum absolute atomic E-state index is 10.6. The lowest BCUT2D eigenvalue weighted by atomic mass is 10.2. The van der Waals surface area contributed by atoms with Crippen LogP contribution in [0.5, 0.6) is 0 Å². The van der Waals surface area contributed by atoms with Gasteiger partial charge in [-0.15, -0.1) is 0 Å². The van der Waals surface area contributed by atoms with Crippen LogP contribution in [0.15, 0.2) is 0 Å². The van der Waals surface area contributed by atoms with Gasteiger partial charge in [0.15, 0.2) is 0 Å². The van der Waals surface area contributed by atoms with Crippen molar-refractivity contribution < 1.29 is 13.2 Å². The third-order valence-corrected chi connectivity index (χ3v) is 3.54. The first kappa shape index (κ1) is 15.2. The van der Waals surface area contributed by atoms with Crippen molar-refractivity contribution in [3.8, 4) is 0 Å². The van der Waals surface area contributed by atoms with Gasteiger partial charge in [-0.25, -0.2) is 8.42 Å². The van der Waals surface area contributed by atoms with E-state index in [0.29, 0.717) is 19.1 Å². The van der Waals surface area contributed by atoms with E-state index in [-0.39, 0.29) is 5.75 Å². The Bertz CT molecular complexity index is 235. The smallest absolute Gasteiger partial charge is 0.232 e. The molecule has 0 N–H and O–H groups in total. The molecule has 5 heteroatoms. The molecule has 0 aliphatic carbocycles. The molecule has 0 rings (SSSR count).